The van der Waals surface area contributed by atoms with Crippen molar-refractivity contribution in [1.29, 1.82) is 0 Å². The van der Waals surface area contributed by atoms with Crippen LogP contribution in [0.4, 0.5) is 4.39 Å². The van der Waals surface area contributed by atoms with Gasteiger partial charge >= 0.3 is 5.97 Å². The molecule has 0 bridgehead atoms. The summed E-state index contributed by atoms with van der Waals surface area (Å²) < 4.78 is 18.1. The lowest BCUT2D eigenvalue weighted by Gasteiger charge is -2.33. The maximum absolute atomic E-state index is 13.0. The van der Waals surface area contributed by atoms with Crippen LogP contribution in [0.5, 0.6) is 0 Å². The second-order valence-electron chi connectivity index (χ2n) is 4.39. The number of benzene rings is 1. The fourth-order valence-electron chi connectivity index (χ4n) is 2.07. The van der Waals surface area contributed by atoms with Crippen LogP contribution in [0.15, 0.2) is 18.2 Å². The number of morpholine rings is 1. The average molecular weight is 267 g/mol. The Bertz CT molecular complexity index is 517. The molecular weight excluding hydrogens is 253 g/mol. The molecule has 1 aliphatic rings. The number of carboxylic acid groups (broad SMARTS) is 1. The van der Waals surface area contributed by atoms with Crippen molar-refractivity contribution in [2.45, 2.75) is 13.0 Å². The molecule has 102 valence electrons. The van der Waals surface area contributed by atoms with Crippen molar-refractivity contribution in [3.8, 4) is 0 Å². The number of hydrogen-bond donors (Lipinski definition) is 1. The van der Waals surface area contributed by atoms with Gasteiger partial charge in [0.05, 0.1) is 13.2 Å². The van der Waals surface area contributed by atoms with Gasteiger partial charge in [0.1, 0.15) is 5.82 Å². The van der Waals surface area contributed by atoms with Crippen LogP contribution in [0.2, 0.25) is 0 Å². The van der Waals surface area contributed by atoms with E-state index in [9.17, 15) is 14.0 Å². The van der Waals surface area contributed by atoms with Crippen molar-refractivity contribution in [2.24, 2.45) is 0 Å². The van der Waals surface area contributed by atoms with E-state index in [2.05, 4.69) is 0 Å². The van der Waals surface area contributed by atoms with Crippen molar-refractivity contribution >= 4 is 11.9 Å². The van der Waals surface area contributed by atoms with Gasteiger partial charge in [0.2, 0.25) is 0 Å². The predicted octanol–water partition coefficient (Wildman–Crippen LogP) is 1.06. The Labute approximate surface area is 109 Å². The molecule has 1 unspecified atom stereocenters. The first-order valence-corrected chi connectivity index (χ1v) is 5.88. The highest BCUT2D eigenvalue weighted by Crippen LogP contribution is 2.17. The van der Waals surface area contributed by atoms with Crippen molar-refractivity contribution in [2.75, 3.05) is 19.8 Å². The summed E-state index contributed by atoms with van der Waals surface area (Å²) in [5.41, 5.74) is 0.801. The molecule has 1 aliphatic heterocycles. The highest BCUT2D eigenvalue weighted by Gasteiger charge is 2.33. The average Bonchev–Trinajstić information content (AvgIpc) is 2.38. The highest BCUT2D eigenvalue weighted by atomic mass is 19.1. The number of ether oxygens (including phenoxy) is 1. The van der Waals surface area contributed by atoms with Crippen LogP contribution in [0.1, 0.15) is 15.9 Å². The molecule has 19 heavy (non-hydrogen) atoms. The number of carbonyl (C=O) groups excluding carboxylic acids is 1. The van der Waals surface area contributed by atoms with E-state index in [0.717, 1.165) is 0 Å². The molecule has 0 saturated carbocycles. The van der Waals surface area contributed by atoms with Gasteiger partial charge in [-0.25, -0.2) is 9.18 Å². The Hall–Kier alpha value is -1.95. The Morgan fingerprint density at radius 2 is 2.21 bits per heavy atom. The summed E-state index contributed by atoms with van der Waals surface area (Å²) in [6.07, 6.45) is 0. The lowest BCUT2D eigenvalue weighted by atomic mass is 10.1. The van der Waals surface area contributed by atoms with Gasteiger partial charge in [-0.1, -0.05) is 0 Å². The van der Waals surface area contributed by atoms with Gasteiger partial charge in [-0.05, 0) is 30.7 Å². The normalized spacial score (nSPS) is 19.3. The van der Waals surface area contributed by atoms with E-state index in [4.69, 9.17) is 9.84 Å². The lowest BCUT2D eigenvalue weighted by molar-refractivity contribution is -0.147. The topological polar surface area (TPSA) is 66.8 Å². The number of aryl methyl sites for hydroxylation is 1. The third kappa shape index (κ3) is 2.73. The van der Waals surface area contributed by atoms with E-state index >= 15 is 0 Å². The van der Waals surface area contributed by atoms with Gasteiger partial charge in [0, 0.05) is 12.1 Å². The van der Waals surface area contributed by atoms with E-state index in [0.29, 0.717) is 17.7 Å². The van der Waals surface area contributed by atoms with Crippen LogP contribution in [-0.2, 0) is 9.53 Å². The zero-order valence-corrected chi connectivity index (χ0v) is 10.4. The molecule has 1 aromatic carbocycles. The van der Waals surface area contributed by atoms with Crippen LogP contribution in [0.25, 0.3) is 0 Å². The molecule has 1 heterocycles. The highest BCUT2D eigenvalue weighted by molar-refractivity contribution is 5.98. The van der Waals surface area contributed by atoms with Gasteiger partial charge in [-0.2, -0.15) is 0 Å². The molecule has 1 fully saturated rings. The van der Waals surface area contributed by atoms with E-state index in [1.165, 1.54) is 23.1 Å². The maximum Gasteiger partial charge on any atom is 0.328 e. The van der Waals surface area contributed by atoms with Gasteiger partial charge in [0.25, 0.3) is 5.91 Å². The van der Waals surface area contributed by atoms with Gasteiger partial charge in [0.15, 0.2) is 6.04 Å². The van der Waals surface area contributed by atoms with Crippen molar-refractivity contribution < 1.29 is 23.8 Å². The van der Waals surface area contributed by atoms with Crippen LogP contribution in [0, 0.1) is 12.7 Å². The van der Waals surface area contributed by atoms with Crippen LogP contribution in [-0.4, -0.2) is 47.7 Å². The molecule has 0 aliphatic carbocycles. The Balaban J connectivity index is 2.28. The zero-order valence-electron chi connectivity index (χ0n) is 10.4. The molecule has 1 N–H and O–H groups in total. The summed E-state index contributed by atoms with van der Waals surface area (Å²) in [4.78, 5) is 24.7. The summed E-state index contributed by atoms with van der Waals surface area (Å²) in [6, 6.07) is 2.83. The first-order valence-electron chi connectivity index (χ1n) is 5.88. The minimum absolute atomic E-state index is 0.0265. The van der Waals surface area contributed by atoms with Crippen LogP contribution >= 0.6 is 0 Å². The number of hydrogen-bond acceptors (Lipinski definition) is 3. The summed E-state index contributed by atoms with van der Waals surface area (Å²) in [7, 11) is 0. The van der Waals surface area contributed by atoms with Crippen molar-refractivity contribution in [3.63, 3.8) is 0 Å². The number of rotatable bonds is 2. The second-order valence-corrected chi connectivity index (χ2v) is 4.39. The largest absolute Gasteiger partial charge is 0.480 e. The van der Waals surface area contributed by atoms with Crippen molar-refractivity contribution in [3.05, 3.63) is 35.1 Å². The lowest BCUT2D eigenvalue weighted by Crippen LogP contribution is -2.52. The number of nitrogens with zero attached hydrogens (tertiary/aromatic N) is 1. The standard InChI is InChI=1S/C13H14FNO4/c1-8-6-9(14)2-3-10(8)12(16)15-4-5-19-7-11(15)13(17)18/h2-3,6,11H,4-5,7H2,1H3,(H,17,18). The number of carboxylic acids is 1. The van der Waals surface area contributed by atoms with Gasteiger partial charge in [-0.15, -0.1) is 0 Å². The van der Waals surface area contributed by atoms with E-state index in [-0.39, 0.29) is 13.2 Å². The first kappa shape index (κ1) is 13.5. The number of aliphatic carboxylic acids is 1. The molecule has 6 heteroatoms. The fourth-order valence-corrected chi connectivity index (χ4v) is 2.07. The molecule has 1 amide bonds. The molecule has 1 saturated heterocycles. The second kappa shape index (κ2) is 5.36. The summed E-state index contributed by atoms with van der Waals surface area (Å²) >= 11 is 0. The summed E-state index contributed by atoms with van der Waals surface area (Å²) in [5.74, 6) is -1.94. The summed E-state index contributed by atoms with van der Waals surface area (Å²) in [6.45, 7) is 2.11. The third-order valence-corrected chi connectivity index (χ3v) is 3.09. The van der Waals surface area contributed by atoms with Crippen molar-refractivity contribution in [1.82, 2.24) is 4.90 Å². The minimum atomic E-state index is -1.10. The van der Waals surface area contributed by atoms with Gasteiger partial charge < -0.3 is 14.7 Å². The Morgan fingerprint density at radius 1 is 1.47 bits per heavy atom. The molecule has 1 aromatic rings. The monoisotopic (exact) mass is 267 g/mol. The molecular formula is C13H14FNO4. The molecule has 5 nitrogen and oxygen atoms in total. The number of carbonyl (C=O) groups is 2. The number of halogens is 1. The first-order chi connectivity index (χ1) is 9.00. The van der Waals surface area contributed by atoms with Crippen LogP contribution < -0.4 is 0 Å². The quantitative estimate of drug-likeness (QED) is 0.870. The smallest absolute Gasteiger partial charge is 0.328 e. The van der Waals surface area contributed by atoms with E-state index in [1.807, 2.05) is 0 Å². The number of amides is 1. The van der Waals surface area contributed by atoms with Crippen LogP contribution in [0.3, 0.4) is 0 Å². The van der Waals surface area contributed by atoms with Gasteiger partial charge in [-0.3, -0.25) is 4.79 Å². The fraction of sp³-hybridized carbons (Fsp3) is 0.385. The Kier molecular flexibility index (Phi) is 3.80. The third-order valence-electron chi connectivity index (χ3n) is 3.09. The molecule has 0 radical (unpaired) electrons. The molecule has 1 atom stereocenters. The Morgan fingerprint density at radius 3 is 2.84 bits per heavy atom. The molecule has 0 aromatic heterocycles. The summed E-state index contributed by atoms with van der Waals surface area (Å²) in [5, 5.41) is 9.08. The maximum atomic E-state index is 13.0. The van der Waals surface area contributed by atoms with E-state index in [1.54, 1.807) is 6.92 Å². The zero-order chi connectivity index (χ0) is 14.0. The molecule has 2 rings (SSSR count). The SMILES string of the molecule is Cc1cc(F)ccc1C(=O)N1CCOCC1C(=O)O. The minimum Gasteiger partial charge on any atom is -0.480 e. The molecule has 0 spiro atoms. The van der Waals surface area contributed by atoms with E-state index < -0.39 is 23.7 Å². The predicted molar refractivity (Wildman–Crippen MR) is 64.4 cm³/mol.